The van der Waals surface area contributed by atoms with Gasteiger partial charge in [0.1, 0.15) is 0 Å². The van der Waals surface area contributed by atoms with Crippen LogP contribution in [-0.4, -0.2) is 42.2 Å². The zero-order valence-corrected chi connectivity index (χ0v) is 19.0. The van der Waals surface area contributed by atoms with Crippen LogP contribution in [0.2, 0.25) is 0 Å². The predicted molar refractivity (Wildman–Crippen MR) is 130 cm³/mol. The van der Waals surface area contributed by atoms with Gasteiger partial charge in [-0.2, -0.15) is 0 Å². The molecule has 0 atom stereocenters. The zero-order chi connectivity index (χ0) is 25.2. The minimum absolute atomic E-state index is 0.0704. The molecular weight excluding hydrogens is 462 g/mol. The van der Waals surface area contributed by atoms with Gasteiger partial charge in [0.05, 0.1) is 33.6 Å². The fourth-order valence-corrected chi connectivity index (χ4v) is 3.88. The van der Waals surface area contributed by atoms with E-state index in [0.29, 0.717) is 22.4 Å². The lowest BCUT2D eigenvalue weighted by Gasteiger charge is -2.15. The van der Waals surface area contributed by atoms with Gasteiger partial charge in [0, 0.05) is 6.04 Å². The van der Waals surface area contributed by atoms with E-state index in [9.17, 15) is 24.0 Å². The van der Waals surface area contributed by atoms with Crippen molar-refractivity contribution in [3.8, 4) is 0 Å². The van der Waals surface area contributed by atoms with Crippen LogP contribution in [0, 0.1) is 0 Å². The van der Waals surface area contributed by atoms with Crippen molar-refractivity contribution >= 4 is 41.0 Å². The Labute approximate surface area is 206 Å². The zero-order valence-electron chi connectivity index (χ0n) is 19.0. The highest BCUT2D eigenvalue weighted by atomic mass is 16.5. The molecule has 0 unspecified atom stereocenters. The third kappa shape index (κ3) is 4.58. The van der Waals surface area contributed by atoms with Gasteiger partial charge in [0.15, 0.2) is 6.61 Å². The van der Waals surface area contributed by atoms with E-state index in [1.807, 2.05) is 0 Å². The molecule has 0 aromatic heterocycles. The Hall–Kier alpha value is -4.79. The SMILES string of the molecule is O=C(COC(=O)c1cccc(N2C(=O)c3ccccc3C2=O)c1)Nc1ccccc1C(=O)NC1CC1. The number of amides is 4. The van der Waals surface area contributed by atoms with E-state index in [0.717, 1.165) is 17.7 Å². The molecule has 0 bridgehead atoms. The molecule has 1 fully saturated rings. The van der Waals surface area contributed by atoms with E-state index in [4.69, 9.17) is 4.74 Å². The molecule has 1 aliphatic heterocycles. The highest BCUT2D eigenvalue weighted by Gasteiger charge is 2.36. The van der Waals surface area contributed by atoms with Gasteiger partial charge in [-0.05, 0) is 55.3 Å². The summed E-state index contributed by atoms with van der Waals surface area (Å²) in [5.41, 5.74) is 1.50. The van der Waals surface area contributed by atoms with Crippen molar-refractivity contribution in [1.82, 2.24) is 5.32 Å². The summed E-state index contributed by atoms with van der Waals surface area (Å²) in [4.78, 5) is 63.9. The summed E-state index contributed by atoms with van der Waals surface area (Å²) in [5, 5.41) is 5.46. The van der Waals surface area contributed by atoms with E-state index in [-0.39, 0.29) is 23.2 Å². The molecular formula is C27H21N3O6. The first-order valence-electron chi connectivity index (χ1n) is 11.4. The Morgan fingerprint density at radius 3 is 2.22 bits per heavy atom. The summed E-state index contributed by atoms with van der Waals surface area (Å²) < 4.78 is 5.13. The number of imide groups is 1. The number of nitrogens with one attached hydrogen (secondary N) is 2. The number of fused-ring (bicyclic) bond motifs is 1. The van der Waals surface area contributed by atoms with E-state index in [2.05, 4.69) is 10.6 Å². The number of para-hydroxylation sites is 1. The number of carbonyl (C=O) groups is 5. The minimum Gasteiger partial charge on any atom is -0.452 e. The van der Waals surface area contributed by atoms with Gasteiger partial charge in [-0.1, -0.05) is 30.3 Å². The van der Waals surface area contributed by atoms with Gasteiger partial charge in [-0.3, -0.25) is 19.2 Å². The first kappa shape index (κ1) is 23.0. The fraction of sp³-hybridized carbons (Fsp3) is 0.148. The van der Waals surface area contributed by atoms with Crippen LogP contribution in [0.1, 0.15) is 54.3 Å². The molecule has 2 aliphatic rings. The van der Waals surface area contributed by atoms with Crippen molar-refractivity contribution in [2.75, 3.05) is 16.8 Å². The second-order valence-corrected chi connectivity index (χ2v) is 8.46. The molecule has 2 N–H and O–H groups in total. The van der Waals surface area contributed by atoms with Crippen LogP contribution in [0.25, 0.3) is 0 Å². The van der Waals surface area contributed by atoms with Gasteiger partial charge >= 0.3 is 5.97 Å². The molecule has 180 valence electrons. The summed E-state index contributed by atoms with van der Waals surface area (Å²) in [5.74, 6) is -2.67. The summed E-state index contributed by atoms with van der Waals surface area (Å²) >= 11 is 0. The number of nitrogens with zero attached hydrogens (tertiary/aromatic N) is 1. The Bertz CT molecular complexity index is 1380. The Morgan fingerprint density at radius 2 is 1.53 bits per heavy atom. The van der Waals surface area contributed by atoms with Crippen molar-refractivity contribution in [3.63, 3.8) is 0 Å². The topological polar surface area (TPSA) is 122 Å². The highest BCUT2D eigenvalue weighted by molar-refractivity contribution is 6.34. The van der Waals surface area contributed by atoms with Crippen LogP contribution in [0.15, 0.2) is 72.8 Å². The van der Waals surface area contributed by atoms with Crippen molar-refractivity contribution in [3.05, 3.63) is 95.1 Å². The van der Waals surface area contributed by atoms with Crippen LogP contribution in [0.4, 0.5) is 11.4 Å². The van der Waals surface area contributed by atoms with Gasteiger partial charge in [-0.25, -0.2) is 9.69 Å². The monoisotopic (exact) mass is 483 g/mol. The maximum absolute atomic E-state index is 12.7. The van der Waals surface area contributed by atoms with Crippen LogP contribution in [0.5, 0.6) is 0 Å². The van der Waals surface area contributed by atoms with E-state index in [1.54, 1.807) is 48.5 Å². The number of carbonyl (C=O) groups excluding carboxylic acids is 5. The maximum Gasteiger partial charge on any atom is 0.338 e. The summed E-state index contributed by atoms with van der Waals surface area (Å²) in [6.45, 7) is -0.589. The standard InChI is InChI=1S/C27H21N3O6/c31-23(29-22-11-4-3-10-21(22)24(32)28-17-12-13-17)15-36-27(35)16-6-5-7-18(14-16)30-25(33)19-8-1-2-9-20(19)26(30)34/h1-11,14,17H,12-13,15H2,(H,28,32)(H,29,31). The Morgan fingerprint density at radius 1 is 0.861 bits per heavy atom. The highest BCUT2D eigenvalue weighted by Crippen LogP contribution is 2.29. The molecule has 1 aliphatic carbocycles. The fourth-order valence-electron chi connectivity index (χ4n) is 3.88. The van der Waals surface area contributed by atoms with Crippen molar-refractivity contribution in [2.45, 2.75) is 18.9 Å². The molecule has 4 amide bonds. The number of hydrogen-bond acceptors (Lipinski definition) is 6. The molecule has 36 heavy (non-hydrogen) atoms. The van der Waals surface area contributed by atoms with Crippen molar-refractivity contribution < 1.29 is 28.7 Å². The molecule has 9 heteroatoms. The number of anilines is 2. The molecule has 1 heterocycles. The lowest BCUT2D eigenvalue weighted by Crippen LogP contribution is -2.29. The average Bonchev–Trinajstić information content (AvgIpc) is 3.67. The van der Waals surface area contributed by atoms with Crippen LogP contribution in [0.3, 0.4) is 0 Å². The van der Waals surface area contributed by atoms with E-state index >= 15 is 0 Å². The first-order chi connectivity index (χ1) is 17.4. The number of hydrogen-bond donors (Lipinski definition) is 2. The quantitative estimate of drug-likeness (QED) is 0.393. The Balaban J connectivity index is 1.23. The molecule has 0 radical (unpaired) electrons. The number of ether oxygens (including phenoxy) is 1. The number of esters is 1. The summed E-state index contributed by atoms with van der Waals surface area (Å²) in [6.07, 6.45) is 1.87. The average molecular weight is 483 g/mol. The molecule has 3 aromatic carbocycles. The van der Waals surface area contributed by atoms with Gasteiger partial charge in [-0.15, -0.1) is 0 Å². The van der Waals surface area contributed by atoms with Gasteiger partial charge in [0.2, 0.25) is 0 Å². The van der Waals surface area contributed by atoms with Gasteiger partial charge < -0.3 is 15.4 Å². The maximum atomic E-state index is 12.7. The van der Waals surface area contributed by atoms with Crippen LogP contribution >= 0.6 is 0 Å². The smallest absolute Gasteiger partial charge is 0.338 e. The lowest BCUT2D eigenvalue weighted by molar-refractivity contribution is -0.119. The van der Waals surface area contributed by atoms with Crippen molar-refractivity contribution in [1.29, 1.82) is 0 Å². The number of rotatable bonds is 7. The number of benzene rings is 3. The Kier molecular flexibility index (Phi) is 6.03. The molecule has 9 nitrogen and oxygen atoms in total. The molecule has 0 saturated heterocycles. The third-order valence-electron chi connectivity index (χ3n) is 5.83. The minimum atomic E-state index is -0.802. The van der Waals surface area contributed by atoms with E-state index in [1.165, 1.54) is 24.3 Å². The largest absolute Gasteiger partial charge is 0.452 e. The van der Waals surface area contributed by atoms with Gasteiger partial charge in [0.25, 0.3) is 23.6 Å². The van der Waals surface area contributed by atoms with Crippen LogP contribution < -0.4 is 15.5 Å². The third-order valence-corrected chi connectivity index (χ3v) is 5.83. The lowest BCUT2D eigenvalue weighted by atomic mass is 10.1. The molecule has 3 aromatic rings. The second kappa shape index (κ2) is 9.46. The molecule has 5 rings (SSSR count). The normalized spacial score (nSPS) is 14.3. The second-order valence-electron chi connectivity index (χ2n) is 8.46. The van der Waals surface area contributed by atoms with E-state index < -0.39 is 30.3 Å². The molecule has 0 spiro atoms. The summed E-state index contributed by atoms with van der Waals surface area (Å²) in [6, 6.07) is 19.1. The summed E-state index contributed by atoms with van der Waals surface area (Å²) in [7, 11) is 0. The van der Waals surface area contributed by atoms with Crippen molar-refractivity contribution in [2.24, 2.45) is 0 Å². The van der Waals surface area contributed by atoms with Crippen LogP contribution in [-0.2, 0) is 9.53 Å². The first-order valence-corrected chi connectivity index (χ1v) is 11.4. The predicted octanol–water partition coefficient (Wildman–Crippen LogP) is 3.17. The molecule has 1 saturated carbocycles.